The zero-order valence-electron chi connectivity index (χ0n) is 19.9. The van der Waals surface area contributed by atoms with Gasteiger partial charge in [0.15, 0.2) is 0 Å². The summed E-state index contributed by atoms with van der Waals surface area (Å²) in [7, 11) is 0. The number of nitrogens with zero attached hydrogens (tertiary/aromatic N) is 6. The maximum absolute atomic E-state index is 9.46. The lowest BCUT2D eigenvalue weighted by Crippen LogP contribution is -2.45. The zero-order chi connectivity index (χ0) is 24.4. The molecule has 9 nitrogen and oxygen atoms in total. The molecule has 35 heavy (non-hydrogen) atoms. The third-order valence-electron chi connectivity index (χ3n) is 6.15. The van der Waals surface area contributed by atoms with E-state index in [4.69, 9.17) is 9.40 Å². The fourth-order valence-electron chi connectivity index (χ4n) is 3.70. The first-order chi connectivity index (χ1) is 16.9. The fraction of sp³-hybridized carbons (Fsp3) is 0.308. The Balaban J connectivity index is 0.00000190. The van der Waals surface area contributed by atoms with Crippen LogP contribution in [0.2, 0.25) is 0 Å². The minimum absolute atomic E-state index is 0. The topological polar surface area (TPSA) is 125 Å². The lowest BCUT2D eigenvalue weighted by Gasteiger charge is -2.27. The number of rotatable bonds is 7. The molecule has 3 aromatic heterocycles. The molecule has 1 fully saturated rings. The number of aryl methyl sites for hydroxylation is 1. The highest BCUT2D eigenvalue weighted by Crippen LogP contribution is 2.29. The zero-order valence-corrected chi connectivity index (χ0v) is 19.9. The van der Waals surface area contributed by atoms with Crippen LogP contribution in [0.4, 0.5) is 5.69 Å². The molecule has 4 heterocycles. The van der Waals surface area contributed by atoms with Crippen LogP contribution in [0.3, 0.4) is 0 Å². The predicted octanol–water partition coefficient (Wildman–Crippen LogP) is 4.49. The molecule has 0 amide bonds. The van der Waals surface area contributed by atoms with Crippen molar-refractivity contribution in [2.45, 2.75) is 26.2 Å². The van der Waals surface area contributed by atoms with Crippen LogP contribution >= 0.6 is 0 Å². The van der Waals surface area contributed by atoms with E-state index < -0.39 is 5.41 Å². The Kier molecular flexibility index (Phi) is 5.97. The first-order valence-corrected chi connectivity index (χ1v) is 11.5. The van der Waals surface area contributed by atoms with Crippen LogP contribution in [0.5, 0.6) is 0 Å². The van der Waals surface area contributed by atoms with E-state index >= 15 is 0 Å². The van der Waals surface area contributed by atoms with Crippen molar-refractivity contribution >= 4 is 5.69 Å². The highest BCUT2D eigenvalue weighted by atomic mass is 16.4. The van der Waals surface area contributed by atoms with Crippen LogP contribution in [0.15, 0.2) is 53.2 Å². The maximum atomic E-state index is 9.46. The smallest absolute Gasteiger partial charge is 0.268 e. The van der Waals surface area contributed by atoms with Crippen molar-refractivity contribution in [3.63, 3.8) is 0 Å². The van der Waals surface area contributed by atoms with Crippen LogP contribution in [0.25, 0.3) is 34.3 Å². The van der Waals surface area contributed by atoms with Crippen molar-refractivity contribution in [2.24, 2.45) is 5.92 Å². The molecule has 0 atom stereocenters. The van der Waals surface area contributed by atoms with Gasteiger partial charge in [-0.15, -0.1) is 10.2 Å². The van der Waals surface area contributed by atoms with Gasteiger partial charge in [-0.25, -0.2) is 4.98 Å². The monoisotopic (exact) mass is 470 g/mol. The number of hydrogen-bond donors (Lipinski definition) is 2. The summed E-state index contributed by atoms with van der Waals surface area (Å²) in [5, 5.41) is 24.7. The molecule has 0 bridgehead atoms. The second-order valence-electron chi connectivity index (χ2n) is 9.25. The summed E-state index contributed by atoms with van der Waals surface area (Å²) in [6.45, 7) is 8.61. The molecule has 2 N–H and O–H groups in total. The summed E-state index contributed by atoms with van der Waals surface area (Å²) in [6.07, 6.45) is 3.37. The average molecular weight is 471 g/mol. The van der Waals surface area contributed by atoms with Crippen molar-refractivity contribution < 1.29 is 7.27 Å². The van der Waals surface area contributed by atoms with Crippen LogP contribution in [0, 0.1) is 24.2 Å². The van der Waals surface area contributed by atoms with Gasteiger partial charge in [0.1, 0.15) is 5.69 Å². The van der Waals surface area contributed by atoms with E-state index in [1.165, 1.54) is 0 Å². The molecule has 1 aliphatic heterocycles. The Morgan fingerprint density at radius 3 is 2.60 bits per heavy atom. The number of pyridine rings is 1. The highest BCUT2D eigenvalue weighted by Gasteiger charge is 2.23. The standard InChI is InChI=1S/C26H26N8O.2H2/c1-16-23(32-21(14-30-16)19-8-9-29-22(10-19)26(2,3)15-27)25-34-33-24(35-25)18-4-6-20(7-5-18)31-13-17-11-28-12-17;;/h4-10,14,17,28,31H,11-13H2,1-3H3;2*1H. The maximum Gasteiger partial charge on any atom is 0.268 e. The van der Waals surface area contributed by atoms with Gasteiger partial charge in [-0.2, -0.15) is 5.26 Å². The van der Waals surface area contributed by atoms with E-state index in [1.54, 1.807) is 12.4 Å². The first-order valence-electron chi connectivity index (χ1n) is 11.5. The molecular formula is C26H30N8O. The largest absolute Gasteiger partial charge is 0.415 e. The molecule has 1 aromatic carbocycles. The molecule has 1 aliphatic rings. The molecule has 180 valence electrons. The Morgan fingerprint density at radius 2 is 1.89 bits per heavy atom. The van der Waals surface area contributed by atoms with E-state index in [9.17, 15) is 5.26 Å². The van der Waals surface area contributed by atoms with Crippen LogP contribution in [-0.2, 0) is 5.41 Å². The fourth-order valence-corrected chi connectivity index (χ4v) is 3.70. The third kappa shape index (κ3) is 4.74. The Hall–Kier alpha value is -4.16. The van der Waals surface area contributed by atoms with Gasteiger partial charge >= 0.3 is 0 Å². The molecule has 0 saturated carbocycles. The molecule has 1 saturated heterocycles. The average Bonchev–Trinajstić information content (AvgIpc) is 3.34. The van der Waals surface area contributed by atoms with E-state index in [1.807, 2.05) is 57.2 Å². The van der Waals surface area contributed by atoms with Gasteiger partial charge in [0.05, 0.1) is 34.8 Å². The number of hydrogen-bond acceptors (Lipinski definition) is 9. The quantitative estimate of drug-likeness (QED) is 0.402. The third-order valence-corrected chi connectivity index (χ3v) is 6.15. The Bertz CT molecular complexity index is 1390. The SMILES string of the molecule is Cc1ncc(-c2ccnc(C(C)(C)C#N)c2)nc1-c1nnc(-c2ccc(NCC3CNC3)cc2)o1.[HH].[HH]. The summed E-state index contributed by atoms with van der Waals surface area (Å²) in [5.41, 5.74) is 4.51. The van der Waals surface area contributed by atoms with E-state index in [-0.39, 0.29) is 2.85 Å². The van der Waals surface area contributed by atoms with Gasteiger partial charge in [0.25, 0.3) is 5.89 Å². The van der Waals surface area contributed by atoms with Crippen LogP contribution < -0.4 is 10.6 Å². The number of nitrogens with one attached hydrogen (secondary N) is 2. The van der Waals surface area contributed by atoms with Gasteiger partial charge in [0.2, 0.25) is 5.89 Å². The van der Waals surface area contributed by atoms with Gasteiger partial charge in [-0.05, 0) is 57.2 Å². The molecule has 0 spiro atoms. The van der Waals surface area contributed by atoms with Gasteiger partial charge in [-0.3, -0.25) is 9.97 Å². The number of benzene rings is 1. The summed E-state index contributed by atoms with van der Waals surface area (Å²) in [5.74, 6) is 1.41. The summed E-state index contributed by atoms with van der Waals surface area (Å²) in [4.78, 5) is 13.6. The molecule has 0 aliphatic carbocycles. The van der Waals surface area contributed by atoms with Crippen molar-refractivity contribution in [1.82, 2.24) is 30.5 Å². The summed E-state index contributed by atoms with van der Waals surface area (Å²) < 4.78 is 5.98. The highest BCUT2D eigenvalue weighted by molar-refractivity contribution is 5.64. The van der Waals surface area contributed by atoms with Gasteiger partial charge < -0.3 is 15.1 Å². The van der Waals surface area contributed by atoms with Gasteiger partial charge in [-0.1, -0.05) is 0 Å². The molecular weight excluding hydrogens is 440 g/mol. The first kappa shape index (κ1) is 22.6. The number of aromatic nitrogens is 5. The molecule has 9 heteroatoms. The van der Waals surface area contributed by atoms with Crippen molar-refractivity contribution in [3.8, 4) is 40.4 Å². The van der Waals surface area contributed by atoms with E-state index in [0.29, 0.717) is 40.5 Å². The minimum Gasteiger partial charge on any atom is -0.415 e. The number of nitriles is 1. The molecule has 4 aromatic rings. The van der Waals surface area contributed by atoms with Crippen molar-refractivity contribution in [3.05, 3.63) is 60.2 Å². The van der Waals surface area contributed by atoms with Crippen molar-refractivity contribution in [1.29, 1.82) is 5.26 Å². The van der Waals surface area contributed by atoms with Crippen molar-refractivity contribution in [2.75, 3.05) is 25.0 Å². The summed E-state index contributed by atoms with van der Waals surface area (Å²) in [6, 6.07) is 13.9. The van der Waals surface area contributed by atoms with Crippen LogP contribution in [-0.4, -0.2) is 44.8 Å². The lowest BCUT2D eigenvalue weighted by molar-refractivity contribution is 0.365. The predicted molar refractivity (Wildman–Crippen MR) is 136 cm³/mol. The van der Waals surface area contributed by atoms with E-state index in [0.717, 1.165) is 36.4 Å². The number of anilines is 1. The minimum atomic E-state index is -0.710. The summed E-state index contributed by atoms with van der Waals surface area (Å²) >= 11 is 0. The second-order valence-corrected chi connectivity index (χ2v) is 9.25. The molecule has 0 unspecified atom stereocenters. The Labute approximate surface area is 206 Å². The van der Waals surface area contributed by atoms with Crippen LogP contribution in [0.1, 0.15) is 28.1 Å². The second kappa shape index (κ2) is 9.24. The molecule has 0 radical (unpaired) electrons. The normalized spacial score (nSPS) is 13.8. The molecule has 5 rings (SSSR count). The van der Waals surface area contributed by atoms with E-state index in [2.05, 4.69) is 36.9 Å². The van der Waals surface area contributed by atoms with Gasteiger partial charge in [0, 0.05) is 51.4 Å². The Morgan fingerprint density at radius 1 is 1.11 bits per heavy atom. The lowest BCUT2D eigenvalue weighted by atomic mass is 9.90.